The van der Waals surface area contributed by atoms with Gasteiger partial charge in [-0.3, -0.25) is 9.67 Å². The minimum Gasteiger partial charge on any atom is -0.381 e. The molecule has 1 heterocycles. The van der Waals surface area contributed by atoms with Crippen LogP contribution >= 0.6 is 0 Å². The number of nitrogens with one attached hydrogen (secondary N) is 2. The first-order chi connectivity index (χ1) is 12.9. The number of unbranched alkanes of at least 4 members (excludes halogenated alkanes) is 1. The molecule has 0 fully saturated rings. The van der Waals surface area contributed by atoms with Crippen LogP contribution in [0.3, 0.4) is 0 Å². The Morgan fingerprint density at radius 3 is 2.58 bits per heavy atom. The van der Waals surface area contributed by atoms with Gasteiger partial charge >= 0.3 is 0 Å². The Hall–Kier alpha value is -2.34. The highest BCUT2D eigenvalue weighted by molar-refractivity contribution is 5.79. The molecule has 6 nitrogen and oxygen atoms in total. The minimum atomic E-state index is 0.789. The van der Waals surface area contributed by atoms with Gasteiger partial charge in [-0.25, -0.2) is 0 Å². The van der Waals surface area contributed by atoms with Crippen molar-refractivity contribution in [3.63, 3.8) is 0 Å². The number of hydrogen-bond acceptors (Lipinski definition) is 3. The summed E-state index contributed by atoms with van der Waals surface area (Å²) in [6.45, 7) is 4.29. The van der Waals surface area contributed by atoms with E-state index in [9.17, 15) is 0 Å². The summed E-state index contributed by atoms with van der Waals surface area (Å²) in [6.07, 6.45) is 7.90. The van der Waals surface area contributed by atoms with E-state index in [2.05, 4.69) is 45.0 Å². The van der Waals surface area contributed by atoms with E-state index in [-0.39, 0.29) is 0 Å². The highest BCUT2D eigenvalue weighted by Gasteiger charge is 1.98. The summed E-state index contributed by atoms with van der Waals surface area (Å²) in [4.78, 5) is 4.24. The van der Waals surface area contributed by atoms with E-state index in [4.69, 9.17) is 4.74 Å². The van der Waals surface area contributed by atoms with Crippen molar-refractivity contribution >= 4 is 5.96 Å². The first-order valence-corrected chi connectivity index (χ1v) is 9.42. The summed E-state index contributed by atoms with van der Waals surface area (Å²) in [5.41, 5.74) is 1.33. The van der Waals surface area contributed by atoms with Crippen LogP contribution < -0.4 is 10.6 Å². The molecule has 142 valence electrons. The number of aryl methyl sites for hydroxylation is 1. The van der Waals surface area contributed by atoms with Gasteiger partial charge in [-0.2, -0.15) is 5.10 Å². The fourth-order valence-corrected chi connectivity index (χ4v) is 2.57. The van der Waals surface area contributed by atoms with Crippen molar-refractivity contribution in [2.24, 2.45) is 4.99 Å². The van der Waals surface area contributed by atoms with Crippen molar-refractivity contribution in [3.8, 4) is 0 Å². The van der Waals surface area contributed by atoms with Crippen LogP contribution in [0.2, 0.25) is 0 Å². The van der Waals surface area contributed by atoms with Gasteiger partial charge < -0.3 is 15.4 Å². The zero-order valence-corrected chi connectivity index (χ0v) is 15.7. The molecule has 0 saturated heterocycles. The molecule has 0 radical (unpaired) electrons. The second-order valence-corrected chi connectivity index (χ2v) is 6.10. The van der Waals surface area contributed by atoms with Crippen LogP contribution in [0.5, 0.6) is 0 Å². The van der Waals surface area contributed by atoms with E-state index in [1.54, 1.807) is 13.2 Å². The van der Waals surface area contributed by atoms with Crippen molar-refractivity contribution in [2.45, 2.75) is 32.2 Å². The van der Waals surface area contributed by atoms with E-state index >= 15 is 0 Å². The molecule has 0 spiro atoms. The summed E-state index contributed by atoms with van der Waals surface area (Å²) < 4.78 is 7.64. The number of guanidine groups is 1. The molecular weight excluding hydrogens is 326 g/mol. The Labute approximate surface area is 156 Å². The molecule has 6 heteroatoms. The zero-order valence-electron chi connectivity index (χ0n) is 15.7. The molecule has 0 aliphatic carbocycles. The maximum absolute atomic E-state index is 5.70. The molecule has 2 rings (SSSR count). The molecule has 0 aliphatic rings. The monoisotopic (exact) mass is 357 g/mol. The van der Waals surface area contributed by atoms with Gasteiger partial charge in [0.05, 0.1) is 6.61 Å². The van der Waals surface area contributed by atoms with Gasteiger partial charge in [-0.15, -0.1) is 0 Å². The first kappa shape index (κ1) is 20.0. The quantitative estimate of drug-likeness (QED) is 0.348. The summed E-state index contributed by atoms with van der Waals surface area (Å²) in [7, 11) is 1.80. The van der Waals surface area contributed by atoms with Crippen LogP contribution in [-0.4, -0.2) is 49.1 Å². The lowest BCUT2D eigenvalue weighted by atomic mass is 10.2. The van der Waals surface area contributed by atoms with E-state index in [1.165, 1.54) is 5.56 Å². The second-order valence-electron chi connectivity index (χ2n) is 6.10. The number of benzene rings is 1. The van der Waals surface area contributed by atoms with Gasteiger partial charge in [0.15, 0.2) is 5.96 Å². The highest BCUT2D eigenvalue weighted by Crippen LogP contribution is 2.00. The van der Waals surface area contributed by atoms with E-state index < -0.39 is 0 Å². The van der Waals surface area contributed by atoms with E-state index in [1.807, 2.05) is 23.0 Å². The van der Waals surface area contributed by atoms with Crippen LogP contribution in [-0.2, 0) is 17.7 Å². The normalized spacial score (nSPS) is 11.5. The Bertz CT molecular complexity index is 598. The van der Waals surface area contributed by atoms with Gasteiger partial charge in [-0.05, 0) is 37.3 Å². The van der Waals surface area contributed by atoms with Gasteiger partial charge in [0.1, 0.15) is 0 Å². The predicted molar refractivity (Wildman–Crippen MR) is 106 cm³/mol. The second kappa shape index (κ2) is 12.9. The smallest absolute Gasteiger partial charge is 0.190 e. The van der Waals surface area contributed by atoms with E-state index in [0.717, 1.165) is 64.5 Å². The molecule has 0 bridgehead atoms. The van der Waals surface area contributed by atoms with Crippen molar-refractivity contribution in [1.82, 2.24) is 20.4 Å². The van der Waals surface area contributed by atoms with Gasteiger partial charge in [0, 0.05) is 45.7 Å². The Morgan fingerprint density at radius 2 is 1.85 bits per heavy atom. The SMILES string of the molecule is CN=C(NCCCCOCCc1ccccc1)NCCCn1cccn1. The fourth-order valence-electron chi connectivity index (χ4n) is 2.57. The standard InChI is InChI=1S/C20H31N5O/c1-21-20(23-13-7-15-25-16-8-14-24-25)22-12-5-6-17-26-18-11-19-9-3-2-4-10-19/h2-4,8-10,14,16H,5-7,11-13,15,17-18H2,1H3,(H2,21,22,23). The average molecular weight is 358 g/mol. The van der Waals surface area contributed by atoms with Crippen molar-refractivity contribution in [2.75, 3.05) is 33.4 Å². The van der Waals surface area contributed by atoms with Crippen LogP contribution in [0.25, 0.3) is 0 Å². The molecule has 0 atom stereocenters. The molecular formula is C20H31N5O. The number of rotatable bonds is 12. The first-order valence-electron chi connectivity index (χ1n) is 9.42. The lowest BCUT2D eigenvalue weighted by Gasteiger charge is -2.12. The van der Waals surface area contributed by atoms with Gasteiger partial charge in [0.25, 0.3) is 0 Å². The summed E-state index contributed by atoms with van der Waals surface area (Å²) in [6, 6.07) is 12.4. The summed E-state index contributed by atoms with van der Waals surface area (Å²) >= 11 is 0. The molecule has 0 unspecified atom stereocenters. The van der Waals surface area contributed by atoms with Crippen molar-refractivity contribution in [3.05, 3.63) is 54.4 Å². The van der Waals surface area contributed by atoms with Crippen LogP contribution in [0.1, 0.15) is 24.8 Å². The third kappa shape index (κ3) is 8.67. The Kier molecular flexibility index (Phi) is 9.94. The third-order valence-corrected chi connectivity index (χ3v) is 4.03. The van der Waals surface area contributed by atoms with Gasteiger partial charge in [-0.1, -0.05) is 30.3 Å². The molecule has 1 aromatic heterocycles. The number of aliphatic imine (C=N–C) groups is 1. The molecule has 2 aromatic rings. The molecule has 0 amide bonds. The third-order valence-electron chi connectivity index (χ3n) is 4.03. The lowest BCUT2D eigenvalue weighted by molar-refractivity contribution is 0.133. The minimum absolute atomic E-state index is 0.789. The maximum Gasteiger partial charge on any atom is 0.190 e. The zero-order chi connectivity index (χ0) is 18.3. The number of nitrogens with zero attached hydrogens (tertiary/aromatic N) is 3. The number of hydrogen-bond donors (Lipinski definition) is 2. The molecule has 26 heavy (non-hydrogen) atoms. The Morgan fingerprint density at radius 1 is 1.04 bits per heavy atom. The maximum atomic E-state index is 5.70. The highest BCUT2D eigenvalue weighted by atomic mass is 16.5. The lowest BCUT2D eigenvalue weighted by Crippen LogP contribution is -2.38. The largest absolute Gasteiger partial charge is 0.381 e. The molecule has 1 aromatic carbocycles. The van der Waals surface area contributed by atoms with Crippen LogP contribution in [0, 0.1) is 0 Å². The number of aromatic nitrogens is 2. The van der Waals surface area contributed by atoms with Crippen LogP contribution in [0.15, 0.2) is 53.8 Å². The van der Waals surface area contributed by atoms with Crippen LogP contribution in [0.4, 0.5) is 0 Å². The summed E-state index contributed by atoms with van der Waals surface area (Å²) in [5, 5.41) is 10.9. The van der Waals surface area contributed by atoms with E-state index in [0.29, 0.717) is 0 Å². The predicted octanol–water partition coefficient (Wildman–Crippen LogP) is 2.48. The van der Waals surface area contributed by atoms with Crippen molar-refractivity contribution in [1.29, 1.82) is 0 Å². The molecule has 0 aliphatic heterocycles. The van der Waals surface area contributed by atoms with Gasteiger partial charge in [0.2, 0.25) is 0 Å². The molecule has 0 saturated carbocycles. The van der Waals surface area contributed by atoms with Crippen molar-refractivity contribution < 1.29 is 4.74 Å². The average Bonchev–Trinajstić information content (AvgIpc) is 3.20. The number of ether oxygens (including phenoxy) is 1. The summed E-state index contributed by atoms with van der Waals surface area (Å²) in [5.74, 6) is 0.857. The topological polar surface area (TPSA) is 63.5 Å². The fraction of sp³-hybridized carbons (Fsp3) is 0.500. The Balaban J connectivity index is 1.41. The molecule has 2 N–H and O–H groups in total.